The molecule has 1 aliphatic heterocycles. The standard InChI is InChI=1S/C19H28N2O/c1-17(2)19(10-7-11-21-12-14-22-15-13-21)20(3)16-18-8-5-4-6-9-18/h4-6,8-9,17,19H,11-16H2,1-3H3/t19-/m1/s1. The number of nitrogens with zero attached hydrogens (tertiary/aromatic N) is 2. The number of ether oxygens (including phenoxy) is 1. The molecule has 3 nitrogen and oxygen atoms in total. The lowest BCUT2D eigenvalue weighted by Gasteiger charge is -2.27. The Kier molecular flexibility index (Phi) is 6.92. The van der Waals surface area contributed by atoms with Gasteiger partial charge in [-0.15, -0.1) is 0 Å². The fraction of sp³-hybridized carbons (Fsp3) is 0.579. The first-order chi connectivity index (χ1) is 10.7. The third kappa shape index (κ3) is 5.46. The normalized spacial score (nSPS) is 17.3. The van der Waals surface area contributed by atoms with Crippen molar-refractivity contribution < 1.29 is 4.74 Å². The van der Waals surface area contributed by atoms with Crippen LogP contribution in [-0.2, 0) is 11.3 Å². The second kappa shape index (κ2) is 8.95. The van der Waals surface area contributed by atoms with E-state index < -0.39 is 0 Å². The van der Waals surface area contributed by atoms with E-state index in [4.69, 9.17) is 4.74 Å². The zero-order chi connectivity index (χ0) is 15.8. The van der Waals surface area contributed by atoms with Crippen LogP contribution >= 0.6 is 0 Å². The van der Waals surface area contributed by atoms with Crippen LogP contribution in [-0.4, -0.2) is 55.7 Å². The molecule has 22 heavy (non-hydrogen) atoms. The number of benzene rings is 1. The van der Waals surface area contributed by atoms with Crippen LogP contribution < -0.4 is 0 Å². The Hall–Kier alpha value is -1.34. The summed E-state index contributed by atoms with van der Waals surface area (Å²) < 4.78 is 5.37. The van der Waals surface area contributed by atoms with E-state index in [1.807, 2.05) is 0 Å². The SMILES string of the molecule is CC(C)[C@@H](C#CCN1CCOCC1)N(C)Cc1ccccc1. The molecule has 0 N–H and O–H groups in total. The van der Waals surface area contributed by atoms with Gasteiger partial charge < -0.3 is 4.74 Å². The summed E-state index contributed by atoms with van der Waals surface area (Å²) in [5.74, 6) is 7.38. The van der Waals surface area contributed by atoms with Crippen LogP contribution in [0.4, 0.5) is 0 Å². The maximum Gasteiger partial charge on any atom is 0.0738 e. The van der Waals surface area contributed by atoms with Gasteiger partial charge in [0.05, 0.1) is 25.8 Å². The lowest BCUT2D eigenvalue weighted by atomic mass is 10.0. The van der Waals surface area contributed by atoms with Gasteiger partial charge in [-0.2, -0.15) is 0 Å². The van der Waals surface area contributed by atoms with Crippen LogP contribution in [0.2, 0.25) is 0 Å². The topological polar surface area (TPSA) is 15.7 Å². The largest absolute Gasteiger partial charge is 0.379 e. The van der Waals surface area contributed by atoms with E-state index in [9.17, 15) is 0 Å². The predicted molar refractivity (Wildman–Crippen MR) is 91.6 cm³/mol. The van der Waals surface area contributed by atoms with Crippen molar-refractivity contribution in [1.82, 2.24) is 9.80 Å². The highest BCUT2D eigenvalue weighted by molar-refractivity contribution is 5.16. The molecule has 0 radical (unpaired) electrons. The minimum absolute atomic E-state index is 0.293. The van der Waals surface area contributed by atoms with E-state index in [2.05, 4.69) is 72.9 Å². The fourth-order valence-electron chi connectivity index (χ4n) is 2.78. The minimum atomic E-state index is 0.293. The first-order valence-corrected chi connectivity index (χ1v) is 8.19. The average molecular weight is 300 g/mol. The highest BCUT2D eigenvalue weighted by atomic mass is 16.5. The van der Waals surface area contributed by atoms with Crippen molar-refractivity contribution in [2.75, 3.05) is 39.9 Å². The molecule has 1 fully saturated rings. The van der Waals surface area contributed by atoms with Gasteiger partial charge in [0.25, 0.3) is 0 Å². The van der Waals surface area contributed by atoms with Crippen LogP contribution in [0.3, 0.4) is 0 Å². The average Bonchev–Trinajstić information content (AvgIpc) is 2.53. The Bertz CT molecular complexity index is 483. The van der Waals surface area contributed by atoms with Crippen LogP contribution in [0.5, 0.6) is 0 Å². The van der Waals surface area contributed by atoms with Gasteiger partial charge in [-0.25, -0.2) is 0 Å². The fourth-order valence-corrected chi connectivity index (χ4v) is 2.78. The van der Waals surface area contributed by atoms with Gasteiger partial charge >= 0.3 is 0 Å². The van der Waals surface area contributed by atoms with Gasteiger partial charge in [-0.05, 0) is 18.5 Å². The molecular formula is C19H28N2O. The lowest BCUT2D eigenvalue weighted by Crippen LogP contribution is -2.37. The molecule has 3 heteroatoms. The monoisotopic (exact) mass is 300 g/mol. The molecule has 0 bridgehead atoms. The zero-order valence-electron chi connectivity index (χ0n) is 14.1. The summed E-state index contributed by atoms with van der Waals surface area (Å²) >= 11 is 0. The van der Waals surface area contributed by atoms with Crippen LogP contribution in [0.25, 0.3) is 0 Å². The van der Waals surface area contributed by atoms with Crippen molar-refractivity contribution in [2.24, 2.45) is 5.92 Å². The van der Waals surface area contributed by atoms with Gasteiger partial charge in [-0.1, -0.05) is 56.0 Å². The molecule has 0 unspecified atom stereocenters. The number of hydrogen-bond acceptors (Lipinski definition) is 3. The molecule has 1 heterocycles. The highest BCUT2D eigenvalue weighted by Gasteiger charge is 2.16. The summed E-state index contributed by atoms with van der Waals surface area (Å²) in [5, 5.41) is 0. The quantitative estimate of drug-likeness (QED) is 0.777. The third-order valence-corrected chi connectivity index (χ3v) is 4.04. The highest BCUT2D eigenvalue weighted by Crippen LogP contribution is 2.12. The number of rotatable bonds is 5. The van der Waals surface area contributed by atoms with Crippen LogP contribution in [0, 0.1) is 17.8 Å². The summed E-state index contributed by atoms with van der Waals surface area (Å²) in [6.45, 7) is 9.96. The molecule has 1 atom stereocenters. The number of morpholine rings is 1. The zero-order valence-corrected chi connectivity index (χ0v) is 14.1. The number of hydrogen-bond donors (Lipinski definition) is 0. The Balaban J connectivity index is 1.91. The molecule has 1 aliphatic rings. The Morgan fingerprint density at radius 1 is 1.18 bits per heavy atom. The van der Waals surface area contributed by atoms with Crippen molar-refractivity contribution in [3.63, 3.8) is 0 Å². The second-order valence-electron chi connectivity index (χ2n) is 6.30. The smallest absolute Gasteiger partial charge is 0.0738 e. The molecule has 0 spiro atoms. The Labute approximate surface area is 135 Å². The van der Waals surface area contributed by atoms with Crippen molar-refractivity contribution >= 4 is 0 Å². The molecule has 1 aromatic rings. The molecule has 120 valence electrons. The Morgan fingerprint density at radius 2 is 1.86 bits per heavy atom. The van der Waals surface area contributed by atoms with Gasteiger partial charge in [0.1, 0.15) is 0 Å². The molecule has 1 aromatic carbocycles. The minimum Gasteiger partial charge on any atom is -0.379 e. The molecule has 2 rings (SSSR count). The second-order valence-corrected chi connectivity index (χ2v) is 6.30. The molecule has 0 saturated carbocycles. The molecular weight excluding hydrogens is 272 g/mol. The van der Waals surface area contributed by atoms with Gasteiger partial charge in [0.15, 0.2) is 0 Å². The molecule has 0 aliphatic carbocycles. The van der Waals surface area contributed by atoms with Crippen molar-refractivity contribution in [2.45, 2.75) is 26.4 Å². The van der Waals surface area contributed by atoms with Gasteiger partial charge in [0.2, 0.25) is 0 Å². The van der Waals surface area contributed by atoms with E-state index >= 15 is 0 Å². The maximum atomic E-state index is 5.37. The maximum absolute atomic E-state index is 5.37. The third-order valence-electron chi connectivity index (χ3n) is 4.04. The summed E-state index contributed by atoms with van der Waals surface area (Å²) in [7, 11) is 2.17. The predicted octanol–water partition coefficient (Wildman–Crippen LogP) is 2.48. The summed E-state index contributed by atoms with van der Waals surface area (Å²) in [6.07, 6.45) is 0. The van der Waals surface area contributed by atoms with Crippen LogP contribution in [0.15, 0.2) is 30.3 Å². The summed E-state index contributed by atoms with van der Waals surface area (Å²) in [5.41, 5.74) is 1.34. The van der Waals surface area contributed by atoms with Crippen molar-refractivity contribution in [3.8, 4) is 11.8 Å². The first-order valence-electron chi connectivity index (χ1n) is 8.19. The lowest BCUT2D eigenvalue weighted by molar-refractivity contribution is 0.0443. The van der Waals surface area contributed by atoms with Gasteiger partial charge in [-0.3, -0.25) is 9.80 Å². The molecule has 0 amide bonds. The van der Waals surface area contributed by atoms with E-state index in [1.54, 1.807) is 0 Å². The van der Waals surface area contributed by atoms with E-state index in [-0.39, 0.29) is 0 Å². The van der Waals surface area contributed by atoms with Crippen LogP contribution in [0.1, 0.15) is 19.4 Å². The molecule has 1 saturated heterocycles. The van der Waals surface area contributed by atoms with E-state index in [1.165, 1.54) is 5.56 Å². The first kappa shape index (κ1) is 17.0. The van der Waals surface area contributed by atoms with Gasteiger partial charge in [0, 0.05) is 19.6 Å². The van der Waals surface area contributed by atoms with E-state index in [0.29, 0.717) is 12.0 Å². The summed E-state index contributed by atoms with van der Waals surface area (Å²) in [4.78, 5) is 4.72. The van der Waals surface area contributed by atoms with Crippen molar-refractivity contribution in [1.29, 1.82) is 0 Å². The van der Waals surface area contributed by atoms with E-state index in [0.717, 1.165) is 39.4 Å². The molecule has 0 aromatic heterocycles. The summed E-state index contributed by atoms with van der Waals surface area (Å²) in [6, 6.07) is 10.9. The Morgan fingerprint density at radius 3 is 2.50 bits per heavy atom. The van der Waals surface area contributed by atoms with Crippen molar-refractivity contribution in [3.05, 3.63) is 35.9 Å².